The molecular formula is C27H31NO4S2. The van der Waals surface area contributed by atoms with Gasteiger partial charge in [-0.3, -0.25) is 14.5 Å². The van der Waals surface area contributed by atoms with E-state index >= 15 is 0 Å². The molecular weight excluding hydrogens is 466 g/mol. The molecule has 0 spiro atoms. The Hall–Kier alpha value is -2.64. The highest BCUT2D eigenvalue weighted by molar-refractivity contribution is 8.26. The second kappa shape index (κ2) is 11.7. The lowest BCUT2D eigenvalue weighted by Crippen LogP contribution is -2.29. The molecule has 5 nitrogen and oxygen atoms in total. The Morgan fingerprint density at radius 2 is 1.79 bits per heavy atom. The van der Waals surface area contributed by atoms with Crippen molar-refractivity contribution in [2.24, 2.45) is 0 Å². The summed E-state index contributed by atoms with van der Waals surface area (Å²) in [6, 6.07) is 16.1. The first-order chi connectivity index (χ1) is 16.1. The fraction of sp³-hybridized carbons (Fsp3) is 0.370. The number of unbranched alkanes of at least 4 members (excludes halogenated alkanes) is 2. The number of amides is 1. The normalized spacial score (nSPS) is 15.3. The third-order valence-electron chi connectivity index (χ3n) is 5.57. The van der Waals surface area contributed by atoms with Gasteiger partial charge in [-0.25, -0.2) is 0 Å². The van der Waals surface area contributed by atoms with E-state index in [1.165, 1.54) is 17.3 Å². The zero-order chi connectivity index (χ0) is 24.7. The van der Waals surface area contributed by atoms with Gasteiger partial charge in [0.25, 0.3) is 5.91 Å². The molecule has 1 aliphatic heterocycles. The standard InChI is InChI=1S/C27H31NO4S2/c1-27(2,3)21-14-12-19(13-15-21)18-32-22-10-7-6-9-20(22)17-23-25(31)28(26(33)34-23)16-8-4-5-11-24(29)30/h6-7,9-10,12-15,17H,4-5,8,11,16,18H2,1-3H3,(H,29,30)/b23-17+. The summed E-state index contributed by atoms with van der Waals surface area (Å²) in [5.74, 6) is -0.196. The number of hydrogen-bond acceptors (Lipinski definition) is 5. The van der Waals surface area contributed by atoms with Gasteiger partial charge in [0.15, 0.2) is 0 Å². The molecule has 0 radical (unpaired) electrons. The van der Waals surface area contributed by atoms with Crippen molar-refractivity contribution in [3.05, 3.63) is 70.1 Å². The number of thioether (sulfide) groups is 1. The van der Waals surface area contributed by atoms with Crippen LogP contribution in [0.15, 0.2) is 53.4 Å². The van der Waals surface area contributed by atoms with Crippen LogP contribution in [0, 0.1) is 0 Å². The van der Waals surface area contributed by atoms with Crippen LogP contribution >= 0.6 is 24.0 Å². The summed E-state index contributed by atoms with van der Waals surface area (Å²) in [6.07, 6.45) is 4.05. The molecule has 0 bridgehead atoms. The van der Waals surface area contributed by atoms with Crippen LogP contribution in [0.25, 0.3) is 6.08 Å². The van der Waals surface area contributed by atoms with Crippen LogP contribution in [0.5, 0.6) is 5.75 Å². The van der Waals surface area contributed by atoms with Crippen molar-refractivity contribution in [1.29, 1.82) is 0 Å². The van der Waals surface area contributed by atoms with Crippen LogP contribution in [0.3, 0.4) is 0 Å². The summed E-state index contributed by atoms with van der Waals surface area (Å²) >= 11 is 6.71. The largest absolute Gasteiger partial charge is 0.488 e. The summed E-state index contributed by atoms with van der Waals surface area (Å²) in [4.78, 5) is 25.7. The molecule has 3 rings (SSSR count). The van der Waals surface area contributed by atoms with Gasteiger partial charge in [-0.1, -0.05) is 93.6 Å². The zero-order valence-corrected chi connectivity index (χ0v) is 21.5. The van der Waals surface area contributed by atoms with Gasteiger partial charge in [-0.15, -0.1) is 0 Å². The van der Waals surface area contributed by atoms with E-state index in [2.05, 4.69) is 45.0 Å². The average molecular weight is 498 g/mol. The third-order valence-corrected chi connectivity index (χ3v) is 6.94. The number of thiocarbonyl (C=S) groups is 1. The lowest BCUT2D eigenvalue weighted by atomic mass is 9.87. The molecule has 1 amide bonds. The molecule has 2 aromatic carbocycles. The van der Waals surface area contributed by atoms with Crippen LogP contribution < -0.4 is 4.74 Å². The maximum Gasteiger partial charge on any atom is 0.303 e. The summed E-state index contributed by atoms with van der Waals surface area (Å²) in [7, 11) is 0. The van der Waals surface area contributed by atoms with Crippen molar-refractivity contribution in [3.8, 4) is 5.75 Å². The summed E-state index contributed by atoms with van der Waals surface area (Å²) in [6.45, 7) is 7.52. The molecule has 180 valence electrons. The highest BCUT2D eigenvalue weighted by Gasteiger charge is 2.31. The number of para-hydroxylation sites is 1. The molecule has 0 aliphatic carbocycles. The second-order valence-corrected chi connectivity index (χ2v) is 11.0. The topological polar surface area (TPSA) is 66.8 Å². The lowest BCUT2D eigenvalue weighted by molar-refractivity contribution is -0.137. The van der Waals surface area contributed by atoms with Crippen LogP contribution in [-0.4, -0.2) is 32.7 Å². The average Bonchev–Trinajstić information content (AvgIpc) is 3.05. The summed E-state index contributed by atoms with van der Waals surface area (Å²) < 4.78 is 6.63. The first kappa shape index (κ1) is 26.0. The minimum absolute atomic E-state index is 0.108. The second-order valence-electron chi connectivity index (χ2n) is 9.31. The Morgan fingerprint density at radius 1 is 1.09 bits per heavy atom. The molecule has 1 fully saturated rings. The van der Waals surface area contributed by atoms with E-state index in [0.717, 1.165) is 24.0 Å². The number of benzene rings is 2. The van der Waals surface area contributed by atoms with Crippen LogP contribution in [0.4, 0.5) is 0 Å². The zero-order valence-electron chi connectivity index (χ0n) is 19.9. The van der Waals surface area contributed by atoms with Gasteiger partial charge < -0.3 is 9.84 Å². The number of hydrogen-bond donors (Lipinski definition) is 1. The molecule has 1 saturated heterocycles. The van der Waals surface area contributed by atoms with Gasteiger partial charge in [0.2, 0.25) is 0 Å². The van der Waals surface area contributed by atoms with Crippen LogP contribution in [0.1, 0.15) is 63.1 Å². The maximum absolute atomic E-state index is 12.9. The predicted octanol–water partition coefficient (Wildman–Crippen LogP) is 6.41. The number of ether oxygens (including phenoxy) is 1. The number of nitrogens with zero attached hydrogens (tertiary/aromatic N) is 1. The van der Waals surface area contributed by atoms with Gasteiger partial charge >= 0.3 is 5.97 Å². The van der Waals surface area contributed by atoms with Crippen LogP contribution in [0.2, 0.25) is 0 Å². The van der Waals surface area contributed by atoms with E-state index in [1.54, 1.807) is 4.90 Å². The Labute approximate surface area is 211 Å². The number of rotatable bonds is 10. The molecule has 1 heterocycles. The van der Waals surface area contributed by atoms with E-state index in [-0.39, 0.29) is 17.7 Å². The van der Waals surface area contributed by atoms with E-state index in [4.69, 9.17) is 22.1 Å². The fourth-order valence-electron chi connectivity index (χ4n) is 3.55. The van der Waals surface area contributed by atoms with E-state index in [9.17, 15) is 9.59 Å². The first-order valence-corrected chi connectivity index (χ1v) is 12.7. The number of aliphatic carboxylic acids is 1. The minimum atomic E-state index is -0.795. The highest BCUT2D eigenvalue weighted by atomic mass is 32.2. The van der Waals surface area contributed by atoms with Crippen LogP contribution in [-0.2, 0) is 21.6 Å². The van der Waals surface area contributed by atoms with Gasteiger partial charge in [0.1, 0.15) is 16.7 Å². The van der Waals surface area contributed by atoms with Crippen molar-refractivity contribution in [2.75, 3.05) is 6.54 Å². The molecule has 34 heavy (non-hydrogen) atoms. The predicted molar refractivity (Wildman–Crippen MR) is 142 cm³/mol. The van der Waals surface area contributed by atoms with E-state index in [1.807, 2.05) is 30.3 Å². The van der Waals surface area contributed by atoms with Crippen molar-refractivity contribution < 1.29 is 19.4 Å². The molecule has 0 unspecified atom stereocenters. The molecule has 2 aromatic rings. The number of carbonyl (C=O) groups is 2. The van der Waals surface area contributed by atoms with E-state index < -0.39 is 5.97 Å². The smallest absolute Gasteiger partial charge is 0.303 e. The molecule has 1 aliphatic rings. The van der Waals surface area contributed by atoms with Gasteiger partial charge in [0.05, 0.1) is 4.91 Å². The molecule has 7 heteroatoms. The Bertz CT molecular complexity index is 1070. The van der Waals surface area contributed by atoms with Crippen molar-refractivity contribution in [1.82, 2.24) is 4.90 Å². The maximum atomic E-state index is 12.9. The number of carbonyl (C=O) groups excluding carboxylic acids is 1. The third kappa shape index (κ3) is 7.18. The summed E-state index contributed by atoms with van der Waals surface area (Å²) in [5.41, 5.74) is 3.30. The highest BCUT2D eigenvalue weighted by Crippen LogP contribution is 2.34. The lowest BCUT2D eigenvalue weighted by Gasteiger charge is -2.19. The Kier molecular flexibility index (Phi) is 8.91. The SMILES string of the molecule is CC(C)(C)c1ccc(COc2ccccc2/C=C2/SC(=S)N(CCCCCC(=O)O)C2=O)cc1. The minimum Gasteiger partial charge on any atom is -0.488 e. The van der Waals surface area contributed by atoms with Crippen molar-refractivity contribution in [3.63, 3.8) is 0 Å². The molecule has 0 saturated carbocycles. The Balaban J connectivity index is 1.63. The number of carboxylic acid groups (broad SMARTS) is 1. The quantitative estimate of drug-likeness (QED) is 0.232. The van der Waals surface area contributed by atoms with Crippen molar-refractivity contribution in [2.45, 2.75) is 58.5 Å². The monoisotopic (exact) mass is 497 g/mol. The Morgan fingerprint density at radius 3 is 2.47 bits per heavy atom. The number of carboxylic acids is 1. The van der Waals surface area contributed by atoms with Gasteiger partial charge in [-0.05, 0) is 41.5 Å². The fourth-order valence-corrected chi connectivity index (χ4v) is 4.85. The van der Waals surface area contributed by atoms with Gasteiger partial charge in [0, 0.05) is 18.5 Å². The molecule has 0 atom stereocenters. The molecule has 0 aromatic heterocycles. The van der Waals surface area contributed by atoms with E-state index in [0.29, 0.717) is 34.5 Å². The molecule has 1 N–H and O–H groups in total. The van der Waals surface area contributed by atoms with Gasteiger partial charge in [-0.2, -0.15) is 0 Å². The van der Waals surface area contributed by atoms with Crippen molar-refractivity contribution >= 4 is 46.3 Å². The summed E-state index contributed by atoms with van der Waals surface area (Å²) in [5, 5.41) is 8.74. The first-order valence-electron chi connectivity index (χ1n) is 11.4.